The third-order valence-corrected chi connectivity index (χ3v) is 3.26. The van der Waals surface area contributed by atoms with E-state index in [4.69, 9.17) is 5.73 Å². The van der Waals surface area contributed by atoms with E-state index in [0.29, 0.717) is 18.2 Å². The van der Waals surface area contributed by atoms with Gasteiger partial charge in [-0.05, 0) is 37.0 Å². The summed E-state index contributed by atoms with van der Waals surface area (Å²) in [4.78, 5) is 11.8. The van der Waals surface area contributed by atoms with Gasteiger partial charge in [-0.1, -0.05) is 12.8 Å². The molecule has 1 aromatic carbocycles. The fourth-order valence-electron chi connectivity index (χ4n) is 2.26. The summed E-state index contributed by atoms with van der Waals surface area (Å²) in [5, 5.41) is 2.77. The van der Waals surface area contributed by atoms with E-state index in [1.807, 2.05) is 0 Å². The number of carbonyl (C=O) groups is 1. The molecule has 4 heteroatoms. The molecule has 92 valence electrons. The lowest BCUT2D eigenvalue weighted by molar-refractivity contribution is 0.0943. The molecule has 0 atom stereocenters. The summed E-state index contributed by atoms with van der Waals surface area (Å²) in [7, 11) is 0. The van der Waals surface area contributed by atoms with E-state index in [0.717, 1.165) is 12.8 Å². The molecule has 1 aliphatic carbocycles. The van der Waals surface area contributed by atoms with Crippen LogP contribution in [0.15, 0.2) is 18.2 Å². The minimum Gasteiger partial charge on any atom is -0.399 e. The number of carbonyl (C=O) groups excluding carboxylic acids is 1. The number of nitrogens with one attached hydrogen (secondary N) is 1. The smallest absolute Gasteiger partial charge is 0.254 e. The molecular weight excluding hydrogens is 219 g/mol. The second kappa shape index (κ2) is 5.17. The Hall–Kier alpha value is -1.58. The fraction of sp³-hybridized carbons (Fsp3) is 0.462. The Morgan fingerprint density at radius 1 is 1.41 bits per heavy atom. The minimum atomic E-state index is -0.525. The van der Waals surface area contributed by atoms with Crippen LogP contribution in [-0.2, 0) is 0 Å². The Morgan fingerprint density at radius 3 is 2.82 bits per heavy atom. The van der Waals surface area contributed by atoms with E-state index < -0.39 is 5.82 Å². The maximum atomic E-state index is 13.4. The van der Waals surface area contributed by atoms with Crippen LogP contribution in [-0.4, -0.2) is 12.5 Å². The molecular formula is C13H17FN2O. The van der Waals surface area contributed by atoms with Gasteiger partial charge < -0.3 is 11.1 Å². The Bertz CT molecular complexity index is 414. The van der Waals surface area contributed by atoms with Crippen LogP contribution < -0.4 is 11.1 Å². The van der Waals surface area contributed by atoms with Crippen LogP contribution in [0.4, 0.5) is 10.1 Å². The molecule has 1 saturated carbocycles. The second-order valence-electron chi connectivity index (χ2n) is 4.60. The van der Waals surface area contributed by atoms with Crippen molar-refractivity contribution < 1.29 is 9.18 Å². The van der Waals surface area contributed by atoms with Gasteiger partial charge in [-0.2, -0.15) is 0 Å². The molecule has 0 unspecified atom stereocenters. The first-order valence-electron chi connectivity index (χ1n) is 6.00. The number of nitrogen functional groups attached to an aromatic ring is 1. The lowest BCUT2D eigenvalue weighted by Gasteiger charge is -2.11. The number of halogens is 1. The van der Waals surface area contributed by atoms with E-state index in [9.17, 15) is 9.18 Å². The molecule has 0 heterocycles. The number of benzene rings is 1. The third-order valence-electron chi connectivity index (χ3n) is 3.26. The molecule has 17 heavy (non-hydrogen) atoms. The lowest BCUT2D eigenvalue weighted by atomic mass is 10.1. The molecule has 0 saturated heterocycles. The molecule has 0 bridgehead atoms. The van der Waals surface area contributed by atoms with Gasteiger partial charge in [0, 0.05) is 12.2 Å². The van der Waals surface area contributed by atoms with Crippen molar-refractivity contribution in [2.24, 2.45) is 5.92 Å². The van der Waals surface area contributed by atoms with Crippen molar-refractivity contribution in [1.82, 2.24) is 5.32 Å². The van der Waals surface area contributed by atoms with Gasteiger partial charge in [0.2, 0.25) is 0 Å². The van der Waals surface area contributed by atoms with Crippen molar-refractivity contribution in [3.8, 4) is 0 Å². The van der Waals surface area contributed by atoms with Gasteiger partial charge in [0.05, 0.1) is 5.56 Å². The molecule has 1 amide bonds. The predicted octanol–water partition coefficient (Wildman–Crippen LogP) is 2.33. The van der Waals surface area contributed by atoms with Gasteiger partial charge >= 0.3 is 0 Å². The third kappa shape index (κ3) is 2.96. The van der Waals surface area contributed by atoms with Crippen LogP contribution in [0.25, 0.3) is 0 Å². The summed E-state index contributed by atoms with van der Waals surface area (Å²) in [5.74, 6) is -0.354. The van der Waals surface area contributed by atoms with E-state index in [2.05, 4.69) is 5.32 Å². The standard InChI is InChI=1S/C13H17FN2O/c14-12-6-5-10(15)7-11(12)13(17)16-8-9-3-1-2-4-9/h5-7,9H,1-4,8,15H2,(H,16,17). The van der Waals surface area contributed by atoms with Crippen molar-refractivity contribution in [2.45, 2.75) is 25.7 Å². The molecule has 1 aliphatic rings. The average molecular weight is 236 g/mol. The van der Waals surface area contributed by atoms with Crippen molar-refractivity contribution >= 4 is 11.6 Å². The molecule has 0 aliphatic heterocycles. The minimum absolute atomic E-state index is 0.0306. The average Bonchev–Trinajstić information content (AvgIpc) is 2.82. The number of rotatable bonds is 3. The molecule has 0 spiro atoms. The number of nitrogens with two attached hydrogens (primary N) is 1. The lowest BCUT2D eigenvalue weighted by Crippen LogP contribution is -2.29. The highest BCUT2D eigenvalue weighted by molar-refractivity contribution is 5.95. The maximum Gasteiger partial charge on any atom is 0.254 e. The van der Waals surface area contributed by atoms with Crippen LogP contribution >= 0.6 is 0 Å². The zero-order chi connectivity index (χ0) is 12.3. The number of anilines is 1. The SMILES string of the molecule is Nc1ccc(F)c(C(=O)NCC2CCCC2)c1. The van der Waals surface area contributed by atoms with Gasteiger partial charge in [-0.3, -0.25) is 4.79 Å². The van der Waals surface area contributed by atoms with Crippen molar-refractivity contribution in [3.05, 3.63) is 29.6 Å². The summed E-state index contributed by atoms with van der Waals surface area (Å²) in [6.45, 7) is 0.632. The van der Waals surface area contributed by atoms with E-state index in [1.165, 1.54) is 31.0 Å². The zero-order valence-electron chi connectivity index (χ0n) is 9.71. The fourth-order valence-corrected chi connectivity index (χ4v) is 2.26. The van der Waals surface area contributed by atoms with Gasteiger partial charge in [-0.15, -0.1) is 0 Å². The summed E-state index contributed by atoms with van der Waals surface area (Å²) >= 11 is 0. The maximum absolute atomic E-state index is 13.4. The first-order valence-corrected chi connectivity index (χ1v) is 6.00. The van der Waals surface area contributed by atoms with Crippen LogP contribution in [0.1, 0.15) is 36.0 Å². The Kier molecular flexibility index (Phi) is 3.61. The summed E-state index contributed by atoms with van der Waals surface area (Å²) in [6.07, 6.45) is 4.76. The Morgan fingerprint density at radius 2 is 2.12 bits per heavy atom. The predicted molar refractivity (Wildman–Crippen MR) is 65.1 cm³/mol. The number of amides is 1. The molecule has 1 fully saturated rings. The molecule has 2 rings (SSSR count). The Balaban J connectivity index is 1.96. The first-order chi connectivity index (χ1) is 8.16. The largest absolute Gasteiger partial charge is 0.399 e. The van der Waals surface area contributed by atoms with Gasteiger partial charge in [0.15, 0.2) is 0 Å². The van der Waals surface area contributed by atoms with Crippen molar-refractivity contribution in [3.63, 3.8) is 0 Å². The summed E-state index contributed by atoms with van der Waals surface area (Å²) in [5.41, 5.74) is 5.97. The van der Waals surface area contributed by atoms with Crippen LogP contribution in [0.5, 0.6) is 0 Å². The molecule has 1 aromatic rings. The van der Waals surface area contributed by atoms with E-state index in [1.54, 1.807) is 0 Å². The van der Waals surface area contributed by atoms with Crippen LogP contribution in [0.3, 0.4) is 0 Å². The van der Waals surface area contributed by atoms with Gasteiger partial charge in [0.25, 0.3) is 5.91 Å². The van der Waals surface area contributed by atoms with Crippen LogP contribution in [0.2, 0.25) is 0 Å². The molecule has 0 radical (unpaired) electrons. The zero-order valence-corrected chi connectivity index (χ0v) is 9.71. The van der Waals surface area contributed by atoms with Crippen molar-refractivity contribution in [1.29, 1.82) is 0 Å². The first kappa shape index (κ1) is 11.9. The van der Waals surface area contributed by atoms with Gasteiger partial charge in [-0.25, -0.2) is 4.39 Å². The normalized spacial score (nSPS) is 16.1. The quantitative estimate of drug-likeness (QED) is 0.791. The highest BCUT2D eigenvalue weighted by atomic mass is 19.1. The van der Waals surface area contributed by atoms with E-state index >= 15 is 0 Å². The topological polar surface area (TPSA) is 55.1 Å². The number of hydrogen-bond acceptors (Lipinski definition) is 2. The van der Waals surface area contributed by atoms with Crippen LogP contribution in [0, 0.1) is 11.7 Å². The van der Waals surface area contributed by atoms with Crippen molar-refractivity contribution in [2.75, 3.05) is 12.3 Å². The Labute approximate surface area is 100 Å². The van der Waals surface area contributed by atoms with E-state index in [-0.39, 0.29) is 11.5 Å². The van der Waals surface area contributed by atoms with Gasteiger partial charge in [0.1, 0.15) is 5.82 Å². The summed E-state index contributed by atoms with van der Waals surface area (Å²) in [6, 6.07) is 4.04. The number of hydrogen-bond donors (Lipinski definition) is 2. The monoisotopic (exact) mass is 236 g/mol. The summed E-state index contributed by atoms with van der Waals surface area (Å²) < 4.78 is 13.4. The molecule has 3 nitrogen and oxygen atoms in total. The highest BCUT2D eigenvalue weighted by Crippen LogP contribution is 2.23. The molecule has 0 aromatic heterocycles. The highest BCUT2D eigenvalue weighted by Gasteiger charge is 2.17. The molecule has 3 N–H and O–H groups in total. The second-order valence-corrected chi connectivity index (χ2v) is 4.60.